The number of unbranched alkanes of at least 4 members (excludes halogenated alkanes) is 3. The molecule has 1 aliphatic rings. The summed E-state index contributed by atoms with van der Waals surface area (Å²) in [5.74, 6) is -2.73. The third-order valence-corrected chi connectivity index (χ3v) is 6.15. The molecule has 1 saturated heterocycles. The summed E-state index contributed by atoms with van der Waals surface area (Å²) >= 11 is 0. The normalized spacial score (nSPS) is 22.1. The molecule has 2 aromatic rings. The van der Waals surface area contributed by atoms with E-state index in [2.05, 4.69) is 27.3 Å². The van der Waals surface area contributed by atoms with E-state index in [1.165, 1.54) is 13.8 Å². The zero-order valence-corrected chi connectivity index (χ0v) is 23.8. The fraction of sp³-hybridized carbons (Fsp3) is 0.630. The van der Waals surface area contributed by atoms with Crippen molar-refractivity contribution in [1.29, 1.82) is 0 Å². The number of hydrogen-bond donors (Lipinski definition) is 0. The number of rotatable bonds is 15. The third-order valence-electron chi connectivity index (χ3n) is 6.15. The summed E-state index contributed by atoms with van der Waals surface area (Å²) in [6, 6.07) is 4.03. The predicted molar refractivity (Wildman–Crippen MR) is 140 cm³/mol. The molecule has 3 heterocycles. The van der Waals surface area contributed by atoms with Crippen LogP contribution in [0.4, 0.5) is 0 Å². The number of nitrogens with zero attached hydrogens (tertiary/aromatic N) is 4. The van der Waals surface area contributed by atoms with Gasteiger partial charge in [0.05, 0.1) is 12.8 Å². The van der Waals surface area contributed by atoms with Crippen LogP contribution in [-0.2, 0) is 67.3 Å². The zero-order chi connectivity index (χ0) is 29.8. The standard InChI is InChI=1S/C27H38N4O10/c1-18(32)36-17-23-24(38-19(2)33)25(39-20(3)34)26(40-21(4)35)27(41-23)37-16-22-15-31(29-28-22)14-8-6-5-7-11-30-12-9-10-13-30/h9-10,12-13,15,23-27H,5-8,11,14,16-17H2,1-4H3/t23-,24-,25+,26-,27-/m1/s1. The van der Waals surface area contributed by atoms with Gasteiger partial charge in [0.1, 0.15) is 18.4 Å². The molecule has 0 bridgehead atoms. The van der Waals surface area contributed by atoms with Gasteiger partial charge in [0.15, 0.2) is 24.6 Å². The van der Waals surface area contributed by atoms with Gasteiger partial charge >= 0.3 is 23.9 Å². The topological polar surface area (TPSA) is 159 Å². The lowest BCUT2D eigenvalue weighted by Crippen LogP contribution is -2.62. The molecular formula is C27H38N4O10. The van der Waals surface area contributed by atoms with E-state index < -0.39 is 54.6 Å². The van der Waals surface area contributed by atoms with Crippen molar-refractivity contribution in [3.05, 3.63) is 36.4 Å². The average molecular weight is 579 g/mol. The van der Waals surface area contributed by atoms with E-state index >= 15 is 0 Å². The van der Waals surface area contributed by atoms with Crippen molar-refractivity contribution in [3.8, 4) is 0 Å². The van der Waals surface area contributed by atoms with Gasteiger partial charge in [-0.2, -0.15) is 0 Å². The Kier molecular flexibility index (Phi) is 12.3. The summed E-state index contributed by atoms with van der Waals surface area (Å²) in [6.45, 7) is 5.96. The SMILES string of the molecule is CC(=O)OC[C@H]1O[C@@H](OCc2cn(CCCCCCn3cccc3)nn2)[C@H](OC(C)=O)[C@@H](OC(C)=O)[C@@H]1OC(C)=O. The number of carbonyl (C=O) groups is 4. The minimum atomic E-state index is -1.30. The molecular weight excluding hydrogens is 540 g/mol. The second kappa shape index (κ2) is 15.9. The highest BCUT2D eigenvalue weighted by Crippen LogP contribution is 2.30. The van der Waals surface area contributed by atoms with Gasteiger partial charge in [-0.3, -0.25) is 23.9 Å². The van der Waals surface area contributed by atoms with Crippen molar-refractivity contribution < 1.29 is 47.6 Å². The molecule has 0 saturated carbocycles. The molecule has 14 heteroatoms. The lowest BCUT2D eigenvalue weighted by atomic mass is 9.98. The monoisotopic (exact) mass is 578 g/mol. The summed E-state index contributed by atoms with van der Waals surface area (Å²) in [5.41, 5.74) is 0.491. The maximum absolute atomic E-state index is 11.9. The number of aryl methyl sites for hydroxylation is 2. The molecule has 5 atom stereocenters. The zero-order valence-electron chi connectivity index (χ0n) is 23.8. The smallest absolute Gasteiger partial charge is 0.303 e. The van der Waals surface area contributed by atoms with Crippen molar-refractivity contribution >= 4 is 23.9 Å². The molecule has 0 N–H and O–H groups in total. The Hall–Kier alpha value is -3.78. The fourth-order valence-corrected chi connectivity index (χ4v) is 4.45. The summed E-state index contributed by atoms with van der Waals surface area (Å²) in [7, 11) is 0. The van der Waals surface area contributed by atoms with Crippen molar-refractivity contribution in [1.82, 2.24) is 19.6 Å². The second-order valence-electron chi connectivity index (χ2n) is 9.69. The number of hydrogen-bond acceptors (Lipinski definition) is 12. The van der Waals surface area contributed by atoms with Crippen molar-refractivity contribution in [2.75, 3.05) is 6.61 Å². The van der Waals surface area contributed by atoms with Gasteiger partial charge in [0.25, 0.3) is 0 Å². The molecule has 1 fully saturated rings. The average Bonchev–Trinajstić information content (AvgIpc) is 3.58. The molecule has 0 spiro atoms. The van der Waals surface area contributed by atoms with Crippen molar-refractivity contribution in [2.45, 2.75) is 104 Å². The predicted octanol–water partition coefficient (Wildman–Crippen LogP) is 1.94. The Balaban J connectivity index is 1.62. The molecule has 3 rings (SSSR count). The van der Waals surface area contributed by atoms with E-state index in [0.29, 0.717) is 12.2 Å². The lowest BCUT2D eigenvalue weighted by Gasteiger charge is -2.43. The first-order chi connectivity index (χ1) is 19.6. The number of carbonyl (C=O) groups excluding carboxylic acids is 4. The molecule has 0 amide bonds. The van der Waals surface area contributed by atoms with Crippen LogP contribution < -0.4 is 0 Å². The van der Waals surface area contributed by atoms with Gasteiger partial charge in [0.2, 0.25) is 0 Å². The lowest BCUT2D eigenvalue weighted by molar-refractivity contribution is -0.310. The van der Waals surface area contributed by atoms with Gasteiger partial charge in [-0.25, -0.2) is 0 Å². The summed E-state index contributed by atoms with van der Waals surface area (Å²) in [6.07, 6.45) is 3.84. The number of ether oxygens (including phenoxy) is 6. The Bertz CT molecular complexity index is 1140. The van der Waals surface area contributed by atoms with Gasteiger partial charge in [-0.1, -0.05) is 18.1 Å². The van der Waals surface area contributed by atoms with Crippen LogP contribution >= 0.6 is 0 Å². The van der Waals surface area contributed by atoms with Gasteiger partial charge in [-0.15, -0.1) is 5.10 Å². The van der Waals surface area contributed by atoms with Gasteiger partial charge in [-0.05, 0) is 25.0 Å². The molecule has 41 heavy (non-hydrogen) atoms. The highest BCUT2D eigenvalue weighted by atomic mass is 16.7. The van der Waals surface area contributed by atoms with Crippen LogP contribution in [0.15, 0.2) is 30.7 Å². The minimum absolute atomic E-state index is 0.0788. The van der Waals surface area contributed by atoms with Crippen LogP contribution in [0.1, 0.15) is 59.1 Å². The third kappa shape index (κ3) is 10.6. The highest BCUT2D eigenvalue weighted by Gasteiger charge is 2.52. The first-order valence-corrected chi connectivity index (χ1v) is 13.5. The van der Waals surface area contributed by atoms with E-state index in [4.69, 9.17) is 28.4 Å². The molecule has 226 valence electrons. The number of esters is 4. The van der Waals surface area contributed by atoms with Gasteiger partial charge < -0.3 is 33.0 Å². The van der Waals surface area contributed by atoms with Crippen molar-refractivity contribution in [3.63, 3.8) is 0 Å². The Labute approximate surface area is 238 Å². The Morgan fingerprint density at radius 3 is 2.05 bits per heavy atom. The summed E-state index contributed by atoms with van der Waals surface area (Å²) in [5, 5.41) is 8.27. The molecule has 2 aromatic heterocycles. The van der Waals surface area contributed by atoms with Crippen LogP contribution in [0, 0.1) is 0 Å². The van der Waals surface area contributed by atoms with Crippen LogP contribution in [0.2, 0.25) is 0 Å². The Morgan fingerprint density at radius 2 is 1.41 bits per heavy atom. The summed E-state index contributed by atoms with van der Waals surface area (Å²) in [4.78, 5) is 47.2. The van der Waals surface area contributed by atoms with Crippen LogP contribution in [0.25, 0.3) is 0 Å². The van der Waals surface area contributed by atoms with E-state index in [1.807, 2.05) is 12.1 Å². The summed E-state index contributed by atoms with van der Waals surface area (Å²) < 4.78 is 36.9. The van der Waals surface area contributed by atoms with E-state index in [1.54, 1.807) is 10.9 Å². The molecule has 0 unspecified atom stereocenters. The second-order valence-corrected chi connectivity index (χ2v) is 9.69. The van der Waals surface area contributed by atoms with Crippen molar-refractivity contribution in [2.24, 2.45) is 0 Å². The van der Waals surface area contributed by atoms with E-state index in [0.717, 1.165) is 46.1 Å². The molecule has 0 aliphatic carbocycles. The maximum atomic E-state index is 11.9. The van der Waals surface area contributed by atoms with Crippen LogP contribution in [0.5, 0.6) is 0 Å². The van der Waals surface area contributed by atoms with Crippen LogP contribution in [-0.4, -0.2) is 80.8 Å². The van der Waals surface area contributed by atoms with E-state index in [-0.39, 0.29) is 13.2 Å². The first-order valence-electron chi connectivity index (χ1n) is 13.5. The van der Waals surface area contributed by atoms with E-state index in [9.17, 15) is 19.2 Å². The molecule has 1 aliphatic heterocycles. The maximum Gasteiger partial charge on any atom is 0.303 e. The molecule has 0 radical (unpaired) electrons. The largest absolute Gasteiger partial charge is 0.463 e. The fourth-order valence-electron chi connectivity index (χ4n) is 4.45. The molecule has 0 aromatic carbocycles. The number of aromatic nitrogens is 4. The minimum Gasteiger partial charge on any atom is -0.463 e. The van der Waals surface area contributed by atoms with Crippen LogP contribution in [0.3, 0.4) is 0 Å². The molecule has 14 nitrogen and oxygen atoms in total. The Morgan fingerprint density at radius 1 is 0.805 bits per heavy atom. The highest BCUT2D eigenvalue weighted by molar-refractivity contribution is 5.68. The first kappa shape index (κ1) is 31.7. The quantitative estimate of drug-likeness (QED) is 0.172. The van der Waals surface area contributed by atoms with Gasteiger partial charge in [0, 0.05) is 53.2 Å².